The SMILES string of the molecule is CC(=O)Oc1ccc(-c2nnc(-c3ccccc3)o2)cc1. The van der Waals surface area contributed by atoms with Crippen LogP contribution in [-0.4, -0.2) is 16.2 Å². The minimum Gasteiger partial charge on any atom is -0.427 e. The Labute approximate surface area is 121 Å². The third kappa shape index (κ3) is 2.97. The summed E-state index contributed by atoms with van der Waals surface area (Å²) in [5, 5.41) is 8.06. The molecule has 104 valence electrons. The molecule has 0 atom stereocenters. The zero-order chi connectivity index (χ0) is 14.7. The smallest absolute Gasteiger partial charge is 0.308 e. The molecule has 0 aliphatic heterocycles. The van der Waals surface area contributed by atoms with Gasteiger partial charge in [-0.2, -0.15) is 0 Å². The number of carbonyl (C=O) groups excluding carboxylic acids is 1. The van der Waals surface area contributed by atoms with Gasteiger partial charge < -0.3 is 9.15 Å². The second-order valence-electron chi connectivity index (χ2n) is 4.40. The number of rotatable bonds is 3. The quantitative estimate of drug-likeness (QED) is 0.544. The van der Waals surface area contributed by atoms with Gasteiger partial charge in [0.25, 0.3) is 0 Å². The molecule has 0 radical (unpaired) electrons. The molecule has 0 saturated carbocycles. The van der Waals surface area contributed by atoms with E-state index in [1.54, 1.807) is 24.3 Å². The van der Waals surface area contributed by atoms with Gasteiger partial charge in [0.15, 0.2) is 0 Å². The molecule has 5 heteroatoms. The van der Waals surface area contributed by atoms with E-state index in [1.165, 1.54) is 6.92 Å². The maximum atomic E-state index is 10.9. The lowest BCUT2D eigenvalue weighted by Crippen LogP contribution is -2.00. The normalized spacial score (nSPS) is 10.3. The van der Waals surface area contributed by atoms with E-state index in [-0.39, 0.29) is 5.97 Å². The minimum absolute atomic E-state index is 0.355. The first-order valence-corrected chi connectivity index (χ1v) is 6.40. The van der Waals surface area contributed by atoms with E-state index in [4.69, 9.17) is 9.15 Å². The summed E-state index contributed by atoms with van der Waals surface area (Å²) < 4.78 is 10.6. The van der Waals surface area contributed by atoms with Gasteiger partial charge in [0, 0.05) is 18.1 Å². The average molecular weight is 280 g/mol. The van der Waals surface area contributed by atoms with Crippen LogP contribution in [0.2, 0.25) is 0 Å². The predicted octanol–water partition coefficient (Wildman–Crippen LogP) is 3.33. The van der Waals surface area contributed by atoms with Crippen LogP contribution in [0.1, 0.15) is 6.92 Å². The molecular weight excluding hydrogens is 268 g/mol. The summed E-state index contributed by atoms with van der Waals surface area (Å²) in [6, 6.07) is 16.4. The first-order valence-electron chi connectivity index (χ1n) is 6.40. The molecule has 0 bridgehead atoms. The highest BCUT2D eigenvalue weighted by molar-refractivity contribution is 5.69. The fourth-order valence-corrected chi connectivity index (χ4v) is 1.87. The lowest BCUT2D eigenvalue weighted by Gasteiger charge is -2.00. The summed E-state index contributed by atoms with van der Waals surface area (Å²) in [6.45, 7) is 1.36. The van der Waals surface area contributed by atoms with Crippen LogP contribution < -0.4 is 4.74 Å². The van der Waals surface area contributed by atoms with Crippen LogP contribution >= 0.6 is 0 Å². The van der Waals surface area contributed by atoms with Crippen molar-refractivity contribution in [2.45, 2.75) is 6.92 Å². The molecule has 0 amide bonds. The van der Waals surface area contributed by atoms with Gasteiger partial charge in [-0.1, -0.05) is 18.2 Å². The van der Waals surface area contributed by atoms with Crippen LogP contribution in [0.3, 0.4) is 0 Å². The Bertz CT molecular complexity index is 749. The van der Waals surface area contributed by atoms with Crippen molar-refractivity contribution in [1.82, 2.24) is 10.2 Å². The maximum Gasteiger partial charge on any atom is 0.308 e. The third-order valence-electron chi connectivity index (χ3n) is 2.81. The highest BCUT2D eigenvalue weighted by Gasteiger charge is 2.10. The molecular formula is C16H12N2O3. The van der Waals surface area contributed by atoms with Crippen molar-refractivity contribution in [3.63, 3.8) is 0 Å². The highest BCUT2D eigenvalue weighted by Crippen LogP contribution is 2.25. The number of esters is 1. The number of hydrogen-bond acceptors (Lipinski definition) is 5. The van der Waals surface area contributed by atoms with Gasteiger partial charge in [-0.3, -0.25) is 4.79 Å². The molecule has 0 unspecified atom stereocenters. The Morgan fingerprint density at radius 3 is 2.05 bits per heavy atom. The van der Waals surface area contributed by atoms with Crippen LogP contribution in [0.15, 0.2) is 59.0 Å². The molecule has 0 saturated heterocycles. The molecule has 3 aromatic rings. The van der Waals surface area contributed by atoms with Crippen molar-refractivity contribution >= 4 is 5.97 Å². The zero-order valence-corrected chi connectivity index (χ0v) is 11.3. The summed E-state index contributed by atoms with van der Waals surface area (Å²) in [5.74, 6) is 1.01. The Morgan fingerprint density at radius 2 is 1.48 bits per heavy atom. The summed E-state index contributed by atoms with van der Waals surface area (Å²) >= 11 is 0. The summed E-state index contributed by atoms with van der Waals surface area (Å²) in [6.07, 6.45) is 0. The molecule has 3 rings (SSSR count). The van der Waals surface area contributed by atoms with Crippen molar-refractivity contribution in [1.29, 1.82) is 0 Å². The monoisotopic (exact) mass is 280 g/mol. The van der Waals surface area contributed by atoms with Crippen LogP contribution in [0.5, 0.6) is 5.75 Å². The minimum atomic E-state index is -0.355. The van der Waals surface area contributed by atoms with E-state index in [0.29, 0.717) is 17.5 Å². The molecule has 0 spiro atoms. The van der Waals surface area contributed by atoms with Gasteiger partial charge in [0.2, 0.25) is 11.8 Å². The second kappa shape index (κ2) is 5.58. The van der Waals surface area contributed by atoms with Crippen LogP contribution in [0.25, 0.3) is 22.9 Å². The largest absolute Gasteiger partial charge is 0.427 e. The molecule has 21 heavy (non-hydrogen) atoms. The van der Waals surface area contributed by atoms with Gasteiger partial charge in [0.05, 0.1) is 0 Å². The fraction of sp³-hybridized carbons (Fsp3) is 0.0625. The van der Waals surface area contributed by atoms with Crippen molar-refractivity contribution < 1.29 is 13.9 Å². The fourth-order valence-electron chi connectivity index (χ4n) is 1.87. The summed E-state index contributed by atoms with van der Waals surface area (Å²) in [5.41, 5.74) is 1.63. The van der Waals surface area contributed by atoms with E-state index in [0.717, 1.165) is 11.1 Å². The van der Waals surface area contributed by atoms with Crippen LogP contribution in [0, 0.1) is 0 Å². The Hall–Kier alpha value is -2.95. The first-order chi connectivity index (χ1) is 10.2. The predicted molar refractivity (Wildman–Crippen MR) is 76.5 cm³/mol. The van der Waals surface area contributed by atoms with Gasteiger partial charge in [-0.25, -0.2) is 0 Å². The van der Waals surface area contributed by atoms with E-state index >= 15 is 0 Å². The Balaban J connectivity index is 1.85. The Kier molecular flexibility index (Phi) is 3.47. The number of hydrogen-bond donors (Lipinski definition) is 0. The zero-order valence-electron chi connectivity index (χ0n) is 11.3. The van der Waals surface area contributed by atoms with Gasteiger partial charge in [-0.05, 0) is 36.4 Å². The Morgan fingerprint density at radius 1 is 0.905 bits per heavy atom. The molecule has 0 aliphatic rings. The summed E-state index contributed by atoms with van der Waals surface area (Å²) in [4.78, 5) is 10.9. The average Bonchev–Trinajstić information content (AvgIpc) is 2.98. The van der Waals surface area contributed by atoms with Gasteiger partial charge in [0.1, 0.15) is 5.75 Å². The van der Waals surface area contributed by atoms with E-state index in [1.807, 2.05) is 30.3 Å². The lowest BCUT2D eigenvalue weighted by atomic mass is 10.2. The molecule has 1 aromatic heterocycles. The number of benzene rings is 2. The standard InChI is InChI=1S/C16H12N2O3/c1-11(19)20-14-9-7-13(8-10-14)16-18-17-15(21-16)12-5-3-2-4-6-12/h2-10H,1H3. The molecule has 0 N–H and O–H groups in total. The second-order valence-corrected chi connectivity index (χ2v) is 4.40. The van der Waals surface area contributed by atoms with Crippen molar-refractivity contribution in [2.75, 3.05) is 0 Å². The molecule has 1 heterocycles. The molecule has 2 aromatic carbocycles. The first kappa shape index (κ1) is 13.1. The van der Waals surface area contributed by atoms with E-state index in [2.05, 4.69) is 10.2 Å². The van der Waals surface area contributed by atoms with E-state index < -0.39 is 0 Å². The van der Waals surface area contributed by atoms with Crippen LogP contribution in [-0.2, 0) is 4.79 Å². The lowest BCUT2D eigenvalue weighted by molar-refractivity contribution is -0.131. The van der Waals surface area contributed by atoms with Gasteiger partial charge in [-0.15, -0.1) is 10.2 Å². The molecule has 0 fully saturated rings. The summed E-state index contributed by atoms with van der Waals surface area (Å²) in [7, 11) is 0. The van der Waals surface area contributed by atoms with Crippen LogP contribution in [0.4, 0.5) is 0 Å². The van der Waals surface area contributed by atoms with Crippen molar-refractivity contribution in [2.24, 2.45) is 0 Å². The van der Waals surface area contributed by atoms with Crippen molar-refractivity contribution in [3.05, 3.63) is 54.6 Å². The van der Waals surface area contributed by atoms with E-state index in [9.17, 15) is 4.79 Å². The number of aromatic nitrogens is 2. The maximum absolute atomic E-state index is 10.9. The molecule has 5 nitrogen and oxygen atoms in total. The topological polar surface area (TPSA) is 65.2 Å². The molecule has 0 aliphatic carbocycles. The number of ether oxygens (including phenoxy) is 1. The highest BCUT2D eigenvalue weighted by atomic mass is 16.5. The van der Waals surface area contributed by atoms with Crippen molar-refractivity contribution in [3.8, 4) is 28.7 Å². The van der Waals surface area contributed by atoms with Gasteiger partial charge >= 0.3 is 5.97 Å². The number of carbonyl (C=O) groups is 1. The number of nitrogens with zero attached hydrogens (tertiary/aromatic N) is 2. The third-order valence-corrected chi connectivity index (χ3v) is 2.81.